The Hall–Kier alpha value is -1.39. The van der Waals surface area contributed by atoms with Gasteiger partial charge in [0.15, 0.2) is 0 Å². The molecule has 0 saturated carbocycles. The van der Waals surface area contributed by atoms with Crippen molar-refractivity contribution in [2.45, 2.75) is 31.5 Å². The van der Waals surface area contributed by atoms with Crippen LogP contribution in [-0.4, -0.2) is 41.1 Å². The number of hydrogen-bond donors (Lipinski definition) is 2. The Labute approximate surface area is 107 Å². The van der Waals surface area contributed by atoms with Crippen LogP contribution < -0.4 is 5.32 Å². The number of aliphatic hydroxyl groups excluding tert-OH is 1. The maximum Gasteiger partial charge on any atom is 0.240 e. The van der Waals surface area contributed by atoms with E-state index in [1.165, 1.54) is 11.1 Å². The molecule has 0 aliphatic carbocycles. The van der Waals surface area contributed by atoms with E-state index in [0.717, 1.165) is 13.0 Å². The third kappa shape index (κ3) is 2.13. The lowest BCUT2D eigenvalue weighted by Gasteiger charge is -2.30. The minimum Gasteiger partial charge on any atom is -0.392 e. The first-order chi connectivity index (χ1) is 8.74. The van der Waals surface area contributed by atoms with Gasteiger partial charge in [-0.3, -0.25) is 4.79 Å². The fraction of sp³-hybridized carbons (Fsp3) is 0.500. The van der Waals surface area contributed by atoms with E-state index in [1.54, 1.807) is 0 Å². The summed E-state index contributed by atoms with van der Waals surface area (Å²) in [6.45, 7) is 2.01. The van der Waals surface area contributed by atoms with Crippen molar-refractivity contribution in [3.05, 3.63) is 35.4 Å². The molecular weight excluding hydrogens is 228 g/mol. The zero-order valence-electron chi connectivity index (χ0n) is 10.3. The minimum absolute atomic E-state index is 0.126. The van der Waals surface area contributed by atoms with Gasteiger partial charge < -0.3 is 15.3 Å². The summed E-state index contributed by atoms with van der Waals surface area (Å²) < 4.78 is 0. The van der Waals surface area contributed by atoms with Crippen LogP contribution in [0.2, 0.25) is 0 Å². The van der Waals surface area contributed by atoms with E-state index in [1.807, 2.05) is 17.0 Å². The van der Waals surface area contributed by atoms with Crippen molar-refractivity contribution in [3.63, 3.8) is 0 Å². The molecule has 2 unspecified atom stereocenters. The lowest BCUT2D eigenvalue weighted by Crippen LogP contribution is -2.45. The highest BCUT2D eigenvalue weighted by Gasteiger charge is 2.32. The fourth-order valence-electron chi connectivity index (χ4n) is 2.81. The number of fused-ring (bicyclic) bond motifs is 1. The number of carbonyl (C=O) groups excluding carboxylic acids is 1. The number of rotatable bonds is 1. The third-order valence-corrected chi connectivity index (χ3v) is 3.85. The highest BCUT2D eigenvalue weighted by Crippen LogP contribution is 2.20. The summed E-state index contributed by atoms with van der Waals surface area (Å²) in [6.07, 6.45) is 1.09. The van der Waals surface area contributed by atoms with E-state index in [2.05, 4.69) is 17.4 Å². The molecule has 0 bridgehead atoms. The predicted molar refractivity (Wildman–Crippen MR) is 68.0 cm³/mol. The SMILES string of the molecule is O=C(C1CC(O)CN1)N1CCc2ccccc2C1. The molecule has 0 aromatic heterocycles. The van der Waals surface area contributed by atoms with Gasteiger partial charge in [0.2, 0.25) is 5.91 Å². The molecule has 1 aromatic rings. The van der Waals surface area contributed by atoms with Crippen LogP contribution in [0.4, 0.5) is 0 Å². The highest BCUT2D eigenvalue weighted by molar-refractivity contribution is 5.82. The molecule has 18 heavy (non-hydrogen) atoms. The van der Waals surface area contributed by atoms with Gasteiger partial charge in [-0.05, 0) is 24.0 Å². The molecule has 1 saturated heterocycles. The quantitative estimate of drug-likeness (QED) is 0.749. The summed E-state index contributed by atoms with van der Waals surface area (Å²) in [4.78, 5) is 14.2. The highest BCUT2D eigenvalue weighted by atomic mass is 16.3. The Morgan fingerprint density at radius 2 is 2.11 bits per heavy atom. The zero-order valence-corrected chi connectivity index (χ0v) is 10.3. The predicted octanol–water partition coefficient (Wildman–Crippen LogP) is 0.294. The van der Waals surface area contributed by atoms with E-state index in [4.69, 9.17) is 0 Å². The second kappa shape index (κ2) is 4.71. The molecule has 1 aromatic carbocycles. The Balaban J connectivity index is 1.70. The van der Waals surface area contributed by atoms with Crippen LogP contribution in [0, 0.1) is 0 Å². The van der Waals surface area contributed by atoms with Crippen molar-refractivity contribution in [3.8, 4) is 0 Å². The van der Waals surface area contributed by atoms with Gasteiger partial charge in [0.25, 0.3) is 0 Å². The van der Waals surface area contributed by atoms with Gasteiger partial charge in [0.1, 0.15) is 0 Å². The normalized spacial score (nSPS) is 27.1. The van der Waals surface area contributed by atoms with Gasteiger partial charge in [0.05, 0.1) is 12.1 Å². The fourth-order valence-corrected chi connectivity index (χ4v) is 2.81. The molecule has 0 radical (unpaired) electrons. The van der Waals surface area contributed by atoms with E-state index in [0.29, 0.717) is 19.5 Å². The van der Waals surface area contributed by atoms with Crippen molar-refractivity contribution in [1.82, 2.24) is 10.2 Å². The smallest absolute Gasteiger partial charge is 0.240 e. The third-order valence-electron chi connectivity index (χ3n) is 3.85. The number of carbonyl (C=O) groups is 1. The first-order valence-corrected chi connectivity index (χ1v) is 6.51. The Morgan fingerprint density at radius 3 is 2.83 bits per heavy atom. The first-order valence-electron chi connectivity index (χ1n) is 6.51. The minimum atomic E-state index is -0.379. The molecule has 4 nitrogen and oxygen atoms in total. The van der Waals surface area contributed by atoms with Gasteiger partial charge in [0, 0.05) is 19.6 Å². The second-order valence-corrected chi connectivity index (χ2v) is 5.13. The number of β-amino-alcohol motifs (C(OH)–C–C–N with tert-alkyl or cyclic N) is 1. The summed E-state index contributed by atoms with van der Waals surface area (Å²) >= 11 is 0. The maximum absolute atomic E-state index is 12.3. The van der Waals surface area contributed by atoms with Crippen molar-refractivity contribution in [2.24, 2.45) is 0 Å². The number of nitrogens with one attached hydrogen (secondary N) is 1. The van der Waals surface area contributed by atoms with Crippen LogP contribution in [-0.2, 0) is 17.8 Å². The first kappa shape index (κ1) is 11.7. The van der Waals surface area contributed by atoms with E-state index < -0.39 is 0 Å². The van der Waals surface area contributed by atoms with Crippen LogP contribution in [0.15, 0.2) is 24.3 Å². The van der Waals surface area contributed by atoms with Crippen molar-refractivity contribution < 1.29 is 9.90 Å². The van der Waals surface area contributed by atoms with Crippen LogP contribution in [0.5, 0.6) is 0 Å². The largest absolute Gasteiger partial charge is 0.392 e. The van der Waals surface area contributed by atoms with Crippen LogP contribution >= 0.6 is 0 Å². The number of nitrogens with zero attached hydrogens (tertiary/aromatic N) is 1. The number of amides is 1. The summed E-state index contributed by atoms with van der Waals surface area (Å²) in [5, 5.41) is 12.6. The molecule has 1 fully saturated rings. The molecular formula is C14H18N2O2. The molecule has 2 aliphatic heterocycles. The average molecular weight is 246 g/mol. The molecule has 2 atom stereocenters. The standard InChI is InChI=1S/C14H18N2O2/c17-12-7-13(15-8-12)14(18)16-6-5-10-3-1-2-4-11(10)9-16/h1-4,12-13,15,17H,5-9H2. The Bertz CT molecular complexity index is 461. The molecule has 0 spiro atoms. The Morgan fingerprint density at radius 1 is 1.33 bits per heavy atom. The van der Waals surface area contributed by atoms with E-state index >= 15 is 0 Å². The van der Waals surface area contributed by atoms with Crippen LogP contribution in [0.3, 0.4) is 0 Å². The summed E-state index contributed by atoms with van der Waals surface area (Å²) in [7, 11) is 0. The van der Waals surface area contributed by atoms with Crippen LogP contribution in [0.25, 0.3) is 0 Å². The van der Waals surface area contributed by atoms with E-state index in [-0.39, 0.29) is 18.1 Å². The lowest BCUT2D eigenvalue weighted by atomic mass is 9.99. The average Bonchev–Trinajstić information content (AvgIpc) is 2.84. The molecule has 2 aliphatic rings. The van der Waals surface area contributed by atoms with Gasteiger partial charge in [-0.15, -0.1) is 0 Å². The lowest BCUT2D eigenvalue weighted by molar-refractivity contribution is -0.134. The number of aliphatic hydroxyl groups is 1. The molecule has 4 heteroatoms. The number of benzene rings is 1. The molecule has 2 N–H and O–H groups in total. The molecule has 3 rings (SSSR count). The van der Waals surface area contributed by atoms with Crippen molar-refractivity contribution in [1.29, 1.82) is 0 Å². The van der Waals surface area contributed by atoms with Crippen molar-refractivity contribution in [2.75, 3.05) is 13.1 Å². The Kier molecular flexibility index (Phi) is 3.06. The topological polar surface area (TPSA) is 52.6 Å². The van der Waals surface area contributed by atoms with E-state index in [9.17, 15) is 9.90 Å². The van der Waals surface area contributed by atoms with Crippen molar-refractivity contribution >= 4 is 5.91 Å². The molecule has 2 heterocycles. The monoisotopic (exact) mass is 246 g/mol. The summed E-state index contributed by atoms with van der Waals surface area (Å²) in [5.74, 6) is 0.126. The van der Waals surface area contributed by atoms with Gasteiger partial charge >= 0.3 is 0 Å². The molecule has 96 valence electrons. The zero-order chi connectivity index (χ0) is 12.5. The van der Waals surface area contributed by atoms with Gasteiger partial charge in [-0.1, -0.05) is 24.3 Å². The summed E-state index contributed by atoms with van der Waals surface area (Å²) in [5.41, 5.74) is 2.59. The second-order valence-electron chi connectivity index (χ2n) is 5.13. The molecule has 1 amide bonds. The van der Waals surface area contributed by atoms with Gasteiger partial charge in [-0.25, -0.2) is 0 Å². The van der Waals surface area contributed by atoms with Gasteiger partial charge in [-0.2, -0.15) is 0 Å². The van der Waals surface area contributed by atoms with Crippen LogP contribution in [0.1, 0.15) is 17.5 Å². The summed E-state index contributed by atoms with van der Waals surface area (Å²) in [6, 6.07) is 8.08. The maximum atomic E-state index is 12.3. The number of hydrogen-bond acceptors (Lipinski definition) is 3.